The normalized spacial score (nSPS) is 14.4. The first kappa shape index (κ1) is 19.0. The van der Waals surface area contributed by atoms with E-state index in [4.69, 9.17) is 4.74 Å². The smallest absolute Gasteiger partial charge is 0.240 e. The Morgan fingerprint density at radius 2 is 1.82 bits per heavy atom. The fourth-order valence-corrected chi connectivity index (χ4v) is 4.19. The molecule has 1 N–H and O–H groups in total. The molecule has 6 heteroatoms. The van der Waals surface area contributed by atoms with Crippen molar-refractivity contribution in [2.45, 2.75) is 20.0 Å². The number of para-hydroxylation sites is 1. The van der Waals surface area contributed by atoms with Crippen LogP contribution < -0.4 is 10.2 Å². The van der Waals surface area contributed by atoms with Gasteiger partial charge in [-0.15, -0.1) is 0 Å². The molecule has 1 aliphatic rings. The van der Waals surface area contributed by atoms with Crippen LogP contribution in [0.5, 0.6) is 0 Å². The van der Waals surface area contributed by atoms with Gasteiger partial charge in [0, 0.05) is 46.4 Å². The molecule has 28 heavy (non-hydrogen) atoms. The van der Waals surface area contributed by atoms with Gasteiger partial charge < -0.3 is 19.5 Å². The van der Waals surface area contributed by atoms with E-state index in [1.165, 1.54) is 5.69 Å². The van der Waals surface area contributed by atoms with E-state index in [2.05, 4.69) is 61.0 Å². The molecule has 1 saturated heterocycles. The highest BCUT2D eigenvalue weighted by atomic mass is 79.9. The lowest BCUT2D eigenvalue weighted by molar-refractivity contribution is -0.121. The van der Waals surface area contributed by atoms with Gasteiger partial charge in [-0.25, -0.2) is 0 Å². The standard InChI is InChI=1S/C22H24BrN3O2/c1-16-22(23)19-4-2-3-5-20(19)26(16)15-21(27)24-14-17-6-8-18(9-7-17)25-10-12-28-13-11-25/h2-9H,10-15H2,1H3,(H,24,27). The summed E-state index contributed by atoms with van der Waals surface area (Å²) in [5.41, 5.74) is 4.43. The third kappa shape index (κ3) is 3.93. The summed E-state index contributed by atoms with van der Waals surface area (Å²) in [7, 11) is 0. The Balaban J connectivity index is 1.38. The van der Waals surface area contributed by atoms with Crippen LogP contribution in [0.25, 0.3) is 10.9 Å². The Labute approximate surface area is 173 Å². The van der Waals surface area contributed by atoms with Crippen LogP contribution in [0.2, 0.25) is 0 Å². The largest absolute Gasteiger partial charge is 0.378 e. The van der Waals surface area contributed by atoms with E-state index < -0.39 is 0 Å². The molecule has 1 fully saturated rings. The van der Waals surface area contributed by atoms with Gasteiger partial charge in [-0.2, -0.15) is 0 Å². The molecule has 0 unspecified atom stereocenters. The first-order chi connectivity index (χ1) is 13.6. The predicted octanol–water partition coefficient (Wildman–Crippen LogP) is 3.87. The molecular formula is C22H24BrN3O2. The molecule has 1 aliphatic heterocycles. The van der Waals surface area contributed by atoms with E-state index in [-0.39, 0.29) is 5.91 Å². The number of hydrogen-bond acceptors (Lipinski definition) is 3. The predicted molar refractivity (Wildman–Crippen MR) is 116 cm³/mol. The lowest BCUT2D eigenvalue weighted by Crippen LogP contribution is -2.36. The minimum absolute atomic E-state index is 0.00797. The maximum Gasteiger partial charge on any atom is 0.240 e. The Morgan fingerprint density at radius 3 is 2.57 bits per heavy atom. The average molecular weight is 442 g/mol. The first-order valence-corrected chi connectivity index (χ1v) is 10.3. The van der Waals surface area contributed by atoms with E-state index in [1.54, 1.807) is 0 Å². The van der Waals surface area contributed by atoms with Gasteiger partial charge in [0.25, 0.3) is 0 Å². The molecule has 4 rings (SSSR count). The quantitative estimate of drug-likeness (QED) is 0.653. The van der Waals surface area contributed by atoms with Gasteiger partial charge in [0.05, 0.1) is 13.2 Å². The Kier molecular flexibility index (Phi) is 5.69. The molecular weight excluding hydrogens is 418 g/mol. The van der Waals surface area contributed by atoms with Gasteiger partial charge in [0.15, 0.2) is 0 Å². The van der Waals surface area contributed by atoms with Crippen LogP contribution in [0, 0.1) is 6.92 Å². The number of benzene rings is 2. The summed E-state index contributed by atoms with van der Waals surface area (Å²) in [6.07, 6.45) is 0. The summed E-state index contributed by atoms with van der Waals surface area (Å²) in [4.78, 5) is 14.9. The summed E-state index contributed by atoms with van der Waals surface area (Å²) in [6, 6.07) is 16.5. The number of nitrogens with one attached hydrogen (secondary N) is 1. The number of hydrogen-bond donors (Lipinski definition) is 1. The highest BCUT2D eigenvalue weighted by molar-refractivity contribution is 9.10. The van der Waals surface area contributed by atoms with E-state index in [1.807, 2.05) is 25.1 Å². The summed E-state index contributed by atoms with van der Waals surface area (Å²) in [5, 5.41) is 4.17. The topological polar surface area (TPSA) is 46.5 Å². The van der Waals surface area contributed by atoms with Crippen LogP contribution >= 0.6 is 15.9 Å². The summed E-state index contributed by atoms with van der Waals surface area (Å²) >= 11 is 3.64. The van der Waals surface area contributed by atoms with Crippen LogP contribution in [0.3, 0.4) is 0 Å². The Morgan fingerprint density at radius 1 is 1.11 bits per heavy atom. The average Bonchev–Trinajstić information content (AvgIpc) is 2.98. The van der Waals surface area contributed by atoms with Crippen molar-refractivity contribution in [3.05, 3.63) is 64.3 Å². The summed E-state index contributed by atoms with van der Waals surface area (Å²) in [6.45, 7) is 6.28. The molecule has 0 saturated carbocycles. The fourth-order valence-electron chi connectivity index (χ4n) is 3.64. The second-order valence-corrected chi connectivity index (χ2v) is 7.84. The Hall–Kier alpha value is -2.31. The number of carbonyl (C=O) groups excluding carboxylic acids is 1. The van der Waals surface area contributed by atoms with Crippen molar-refractivity contribution in [3.8, 4) is 0 Å². The van der Waals surface area contributed by atoms with Crippen molar-refractivity contribution < 1.29 is 9.53 Å². The van der Waals surface area contributed by atoms with Gasteiger partial charge >= 0.3 is 0 Å². The van der Waals surface area contributed by atoms with Crippen molar-refractivity contribution >= 4 is 38.4 Å². The molecule has 1 amide bonds. The lowest BCUT2D eigenvalue weighted by atomic mass is 10.2. The molecule has 0 spiro atoms. The van der Waals surface area contributed by atoms with Crippen LogP contribution in [0.1, 0.15) is 11.3 Å². The van der Waals surface area contributed by atoms with Crippen molar-refractivity contribution in [1.29, 1.82) is 0 Å². The van der Waals surface area contributed by atoms with Crippen LogP contribution in [0.15, 0.2) is 53.0 Å². The summed E-state index contributed by atoms with van der Waals surface area (Å²) in [5.74, 6) is 0.00797. The molecule has 0 radical (unpaired) electrons. The van der Waals surface area contributed by atoms with E-state index in [0.717, 1.165) is 52.9 Å². The number of rotatable bonds is 5. The molecule has 146 valence electrons. The zero-order valence-electron chi connectivity index (χ0n) is 16.0. The molecule has 1 aromatic heterocycles. The molecule has 2 heterocycles. The molecule has 0 bridgehead atoms. The third-order valence-corrected chi connectivity index (χ3v) is 6.26. The number of ether oxygens (including phenoxy) is 1. The number of carbonyl (C=O) groups is 1. The number of amides is 1. The van der Waals surface area contributed by atoms with Gasteiger partial charge in [0.1, 0.15) is 6.54 Å². The highest BCUT2D eigenvalue weighted by Crippen LogP contribution is 2.30. The van der Waals surface area contributed by atoms with Gasteiger partial charge in [-0.1, -0.05) is 30.3 Å². The summed E-state index contributed by atoms with van der Waals surface area (Å²) < 4.78 is 8.50. The monoisotopic (exact) mass is 441 g/mol. The van der Waals surface area contributed by atoms with E-state index in [9.17, 15) is 4.79 Å². The number of anilines is 1. The Bertz CT molecular complexity index is 975. The second kappa shape index (κ2) is 8.37. The zero-order chi connectivity index (χ0) is 19.5. The van der Waals surface area contributed by atoms with Crippen LogP contribution in [-0.4, -0.2) is 36.8 Å². The lowest BCUT2D eigenvalue weighted by Gasteiger charge is -2.28. The number of aromatic nitrogens is 1. The second-order valence-electron chi connectivity index (χ2n) is 7.05. The van der Waals surface area contributed by atoms with Crippen molar-refractivity contribution in [2.24, 2.45) is 0 Å². The van der Waals surface area contributed by atoms with E-state index in [0.29, 0.717) is 13.1 Å². The highest BCUT2D eigenvalue weighted by Gasteiger charge is 2.14. The van der Waals surface area contributed by atoms with E-state index >= 15 is 0 Å². The number of nitrogens with zero attached hydrogens (tertiary/aromatic N) is 2. The maximum atomic E-state index is 12.5. The van der Waals surface area contributed by atoms with Gasteiger partial charge in [-0.05, 0) is 46.6 Å². The number of halogens is 1. The minimum Gasteiger partial charge on any atom is -0.378 e. The zero-order valence-corrected chi connectivity index (χ0v) is 17.5. The molecule has 5 nitrogen and oxygen atoms in total. The molecule has 3 aromatic rings. The number of fused-ring (bicyclic) bond motifs is 1. The third-order valence-electron chi connectivity index (χ3n) is 5.26. The molecule has 0 atom stereocenters. The van der Waals surface area contributed by atoms with Crippen molar-refractivity contribution in [2.75, 3.05) is 31.2 Å². The minimum atomic E-state index is 0.00797. The maximum absolute atomic E-state index is 12.5. The van der Waals surface area contributed by atoms with Gasteiger partial charge in [-0.3, -0.25) is 4.79 Å². The first-order valence-electron chi connectivity index (χ1n) is 9.55. The number of morpholine rings is 1. The SMILES string of the molecule is Cc1c(Br)c2ccccc2n1CC(=O)NCc1ccc(N2CCOCC2)cc1. The van der Waals surface area contributed by atoms with Crippen molar-refractivity contribution in [3.63, 3.8) is 0 Å². The van der Waals surface area contributed by atoms with Crippen LogP contribution in [0.4, 0.5) is 5.69 Å². The fraction of sp³-hybridized carbons (Fsp3) is 0.318. The molecule has 0 aliphatic carbocycles. The molecule has 2 aromatic carbocycles. The van der Waals surface area contributed by atoms with Crippen LogP contribution in [-0.2, 0) is 22.6 Å². The van der Waals surface area contributed by atoms with Crippen molar-refractivity contribution in [1.82, 2.24) is 9.88 Å². The van der Waals surface area contributed by atoms with Gasteiger partial charge in [0.2, 0.25) is 5.91 Å².